The van der Waals surface area contributed by atoms with Crippen LogP contribution in [0.5, 0.6) is 0 Å². The van der Waals surface area contributed by atoms with Gasteiger partial charge in [0.2, 0.25) is 0 Å². The molecule has 0 radical (unpaired) electrons. The molecule has 7 nitrogen and oxygen atoms in total. The molecule has 0 spiro atoms. The van der Waals surface area contributed by atoms with Crippen LogP contribution in [0.1, 0.15) is 5.56 Å². The predicted molar refractivity (Wildman–Crippen MR) is 68.7 cm³/mol. The number of fused-ring (bicyclic) bond motifs is 1. The first kappa shape index (κ1) is 12.7. The lowest BCUT2D eigenvalue weighted by molar-refractivity contribution is -0.384. The van der Waals surface area contributed by atoms with Crippen LogP contribution in [-0.4, -0.2) is 28.2 Å². The Kier molecular flexibility index (Phi) is 3.54. The number of nitrogens with zero attached hydrogens (tertiary/aromatic N) is 3. The Morgan fingerprint density at radius 2 is 2.26 bits per heavy atom. The van der Waals surface area contributed by atoms with Gasteiger partial charge in [-0.25, -0.2) is 4.98 Å². The lowest BCUT2D eigenvalue weighted by Crippen LogP contribution is -2.07. The van der Waals surface area contributed by atoms with Crippen molar-refractivity contribution in [1.29, 1.82) is 5.26 Å². The van der Waals surface area contributed by atoms with Crippen LogP contribution in [-0.2, 0) is 0 Å². The van der Waals surface area contributed by atoms with E-state index in [0.29, 0.717) is 28.8 Å². The molecule has 0 atom stereocenters. The second kappa shape index (κ2) is 5.29. The number of nitriles is 1. The minimum atomic E-state index is -0.515. The third-order valence-corrected chi connectivity index (χ3v) is 2.54. The van der Waals surface area contributed by atoms with Gasteiger partial charge in [-0.3, -0.25) is 10.1 Å². The van der Waals surface area contributed by atoms with Gasteiger partial charge in [0.15, 0.2) is 0 Å². The number of benzene rings is 1. The lowest BCUT2D eigenvalue weighted by Gasteiger charge is -2.06. The number of aromatic nitrogens is 1. The summed E-state index contributed by atoms with van der Waals surface area (Å²) in [6.45, 7) is 0.262. The maximum atomic E-state index is 10.7. The Hall–Kier alpha value is -2.72. The van der Waals surface area contributed by atoms with E-state index in [-0.39, 0.29) is 12.3 Å². The van der Waals surface area contributed by atoms with Crippen LogP contribution in [0.15, 0.2) is 24.3 Å². The number of hydrogen-bond acceptors (Lipinski definition) is 6. The molecule has 2 rings (SSSR count). The van der Waals surface area contributed by atoms with Gasteiger partial charge in [0, 0.05) is 24.1 Å². The van der Waals surface area contributed by atoms with Crippen LogP contribution in [0.2, 0.25) is 0 Å². The van der Waals surface area contributed by atoms with E-state index in [9.17, 15) is 10.1 Å². The van der Waals surface area contributed by atoms with Crippen molar-refractivity contribution < 1.29 is 10.0 Å². The van der Waals surface area contributed by atoms with Gasteiger partial charge in [-0.05, 0) is 12.1 Å². The molecule has 96 valence electrons. The molecule has 0 saturated heterocycles. The number of nitro benzene ring substituents is 1. The molecule has 1 aromatic heterocycles. The fourth-order valence-corrected chi connectivity index (χ4v) is 1.69. The van der Waals surface area contributed by atoms with E-state index < -0.39 is 4.92 Å². The normalized spacial score (nSPS) is 10.1. The standard InChI is InChI=1S/C12H10N4O3/c13-7-8-5-12(14-3-4-17)15-11-2-1-9(16(18)19)6-10(8)11/h1-2,5-6,17H,3-4H2,(H,14,15). The molecule has 0 amide bonds. The van der Waals surface area contributed by atoms with E-state index in [1.165, 1.54) is 24.3 Å². The summed E-state index contributed by atoms with van der Waals surface area (Å²) >= 11 is 0. The zero-order valence-corrected chi connectivity index (χ0v) is 9.83. The first-order valence-corrected chi connectivity index (χ1v) is 5.49. The van der Waals surface area contributed by atoms with Crippen LogP contribution < -0.4 is 5.32 Å². The van der Waals surface area contributed by atoms with E-state index in [4.69, 9.17) is 10.4 Å². The molecule has 7 heteroatoms. The molecule has 2 N–H and O–H groups in total. The first-order chi connectivity index (χ1) is 9.15. The van der Waals surface area contributed by atoms with Crippen molar-refractivity contribution in [2.45, 2.75) is 0 Å². The van der Waals surface area contributed by atoms with Gasteiger partial charge in [-0.1, -0.05) is 0 Å². The average molecular weight is 258 g/mol. The van der Waals surface area contributed by atoms with E-state index in [0.717, 1.165) is 0 Å². The highest BCUT2D eigenvalue weighted by Gasteiger charge is 2.11. The Balaban J connectivity index is 2.57. The largest absolute Gasteiger partial charge is 0.395 e. The van der Waals surface area contributed by atoms with Gasteiger partial charge in [-0.2, -0.15) is 5.26 Å². The van der Waals surface area contributed by atoms with Gasteiger partial charge in [0.05, 0.1) is 28.7 Å². The zero-order valence-electron chi connectivity index (χ0n) is 9.83. The highest BCUT2D eigenvalue weighted by atomic mass is 16.6. The number of anilines is 1. The fraction of sp³-hybridized carbons (Fsp3) is 0.167. The maximum absolute atomic E-state index is 10.7. The summed E-state index contributed by atoms with van der Waals surface area (Å²) in [4.78, 5) is 14.4. The molecule has 0 bridgehead atoms. The molecule has 0 saturated carbocycles. The Morgan fingerprint density at radius 1 is 1.47 bits per heavy atom. The average Bonchev–Trinajstić information content (AvgIpc) is 2.43. The quantitative estimate of drug-likeness (QED) is 0.633. The maximum Gasteiger partial charge on any atom is 0.270 e. The summed E-state index contributed by atoms with van der Waals surface area (Å²) in [5.41, 5.74) is 0.709. The Labute approximate surface area is 108 Å². The summed E-state index contributed by atoms with van der Waals surface area (Å²) in [6, 6.07) is 7.66. The van der Waals surface area contributed by atoms with Crippen LogP contribution in [0.25, 0.3) is 10.9 Å². The molecule has 2 aromatic rings. The number of rotatable bonds is 4. The molecular weight excluding hydrogens is 248 g/mol. The minimum absolute atomic E-state index is 0.0537. The molecule has 0 aliphatic carbocycles. The molecule has 1 heterocycles. The van der Waals surface area contributed by atoms with Crippen LogP contribution in [0.3, 0.4) is 0 Å². The van der Waals surface area contributed by atoms with Crippen LogP contribution >= 0.6 is 0 Å². The first-order valence-electron chi connectivity index (χ1n) is 5.49. The lowest BCUT2D eigenvalue weighted by atomic mass is 10.1. The molecule has 0 unspecified atom stereocenters. The monoisotopic (exact) mass is 258 g/mol. The summed E-state index contributed by atoms with van der Waals surface area (Å²) in [5.74, 6) is 0.451. The molecule has 0 aliphatic rings. The number of nitrogens with one attached hydrogen (secondary N) is 1. The Bertz CT molecular complexity index is 678. The Morgan fingerprint density at radius 3 is 2.89 bits per heavy atom. The number of nitro groups is 1. The van der Waals surface area contributed by atoms with Crippen molar-refractivity contribution in [2.24, 2.45) is 0 Å². The summed E-state index contributed by atoms with van der Waals surface area (Å²) in [5, 5.41) is 31.8. The molecule has 1 aromatic carbocycles. The number of aliphatic hydroxyl groups is 1. The number of pyridine rings is 1. The van der Waals surface area contributed by atoms with Crippen molar-refractivity contribution in [2.75, 3.05) is 18.5 Å². The van der Waals surface area contributed by atoms with Crippen LogP contribution in [0.4, 0.5) is 11.5 Å². The van der Waals surface area contributed by atoms with Gasteiger partial charge in [-0.15, -0.1) is 0 Å². The van der Waals surface area contributed by atoms with E-state index in [1.807, 2.05) is 6.07 Å². The fourth-order valence-electron chi connectivity index (χ4n) is 1.69. The van der Waals surface area contributed by atoms with Crippen molar-refractivity contribution in [3.63, 3.8) is 0 Å². The number of non-ortho nitro benzene ring substituents is 1. The predicted octanol–water partition coefficient (Wildman–Crippen LogP) is 1.42. The van der Waals surface area contributed by atoms with Gasteiger partial charge in [0.1, 0.15) is 5.82 Å². The summed E-state index contributed by atoms with van der Waals surface area (Å²) in [6.07, 6.45) is 0. The van der Waals surface area contributed by atoms with E-state index >= 15 is 0 Å². The topological polar surface area (TPSA) is 112 Å². The molecule has 0 aliphatic heterocycles. The SMILES string of the molecule is N#Cc1cc(NCCO)nc2ccc([N+](=O)[O-])cc12. The summed E-state index contributed by atoms with van der Waals surface area (Å²) in [7, 11) is 0. The molecule has 19 heavy (non-hydrogen) atoms. The van der Waals surface area contributed by atoms with Gasteiger partial charge >= 0.3 is 0 Å². The number of hydrogen-bond donors (Lipinski definition) is 2. The second-order valence-electron chi connectivity index (χ2n) is 3.78. The van der Waals surface area contributed by atoms with Crippen molar-refractivity contribution in [3.8, 4) is 6.07 Å². The summed E-state index contributed by atoms with van der Waals surface area (Å²) < 4.78 is 0. The highest BCUT2D eigenvalue weighted by molar-refractivity contribution is 5.88. The van der Waals surface area contributed by atoms with Crippen molar-refractivity contribution in [1.82, 2.24) is 4.98 Å². The van der Waals surface area contributed by atoms with Crippen molar-refractivity contribution >= 4 is 22.4 Å². The van der Waals surface area contributed by atoms with Gasteiger partial charge < -0.3 is 10.4 Å². The van der Waals surface area contributed by atoms with Crippen molar-refractivity contribution in [3.05, 3.63) is 39.9 Å². The zero-order chi connectivity index (χ0) is 13.8. The van der Waals surface area contributed by atoms with E-state index in [2.05, 4.69) is 10.3 Å². The third kappa shape index (κ3) is 2.59. The van der Waals surface area contributed by atoms with Gasteiger partial charge in [0.25, 0.3) is 5.69 Å². The third-order valence-electron chi connectivity index (χ3n) is 2.54. The molecule has 0 fully saturated rings. The molecular formula is C12H10N4O3. The second-order valence-corrected chi connectivity index (χ2v) is 3.78. The number of aliphatic hydroxyl groups excluding tert-OH is 1. The van der Waals surface area contributed by atoms with Crippen LogP contribution in [0, 0.1) is 21.4 Å². The highest BCUT2D eigenvalue weighted by Crippen LogP contribution is 2.24. The van der Waals surface area contributed by atoms with E-state index in [1.54, 1.807) is 0 Å². The smallest absolute Gasteiger partial charge is 0.270 e. The minimum Gasteiger partial charge on any atom is -0.395 e.